The van der Waals surface area contributed by atoms with E-state index in [9.17, 15) is 0 Å². The van der Waals surface area contributed by atoms with Crippen molar-refractivity contribution < 1.29 is 0 Å². The minimum absolute atomic E-state index is 1.07. The Hall–Kier alpha value is -7.94. The molecule has 0 N–H and O–H groups in total. The van der Waals surface area contributed by atoms with Gasteiger partial charge in [-0.1, -0.05) is 200 Å². The summed E-state index contributed by atoms with van der Waals surface area (Å²) in [6.45, 7) is 0. The van der Waals surface area contributed by atoms with E-state index in [0.29, 0.717) is 0 Å². The van der Waals surface area contributed by atoms with E-state index in [4.69, 9.17) is 0 Å². The van der Waals surface area contributed by atoms with Gasteiger partial charge >= 0.3 is 0 Å². The van der Waals surface area contributed by atoms with Crippen molar-refractivity contribution in [1.29, 1.82) is 0 Å². The first-order chi connectivity index (χ1) is 29.8. The van der Waals surface area contributed by atoms with Gasteiger partial charge in [-0.15, -0.1) is 0 Å². The Labute approximate surface area is 350 Å². The molecular formula is C58H40N2. The molecule has 2 nitrogen and oxygen atoms in total. The fourth-order valence-electron chi connectivity index (χ4n) is 9.07. The molecule has 11 aromatic rings. The lowest BCUT2D eigenvalue weighted by Gasteiger charge is -2.31. The number of hydrogen-bond acceptors (Lipinski definition) is 1. The standard InChI is InChI=1S/C58H40N2/c1-5-18-41(19-6-1)42-32-35-47(36-33-42)59-53-30-16-15-28-51(53)52-38-37-48(40-56(52)59)60(55-39-34-44-22-13-14-27-49(44)58(55)46-25-11-4-12-26-46)54-31-17-29-50(43-20-7-2-8-21-43)57(54)45-23-9-3-10-24-45/h1-40H. The normalized spacial score (nSPS) is 11.3. The molecule has 1 aromatic heterocycles. The van der Waals surface area contributed by atoms with Crippen LogP contribution in [0.2, 0.25) is 0 Å². The Balaban J connectivity index is 1.22. The Bertz CT molecular complexity index is 3280. The summed E-state index contributed by atoms with van der Waals surface area (Å²) >= 11 is 0. The second-order valence-corrected chi connectivity index (χ2v) is 15.3. The molecule has 0 unspecified atom stereocenters. The van der Waals surface area contributed by atoms with Crippen molar-refractivity contribution in [3.05, 3.63) is 243 Å². The fourth-order valence-corrected chi connectivity index (χ4v) is 9.07. The molecule has 0 fully saturated rings. The number of fused-ring (bicyclic) bond motifs is 4. The Morgan fingerprint density at radius 1 is 0.300 bits per heavy atom. The van der Waals surface area contributed by atoms with E-state index in [2.05, 4.69) is 252 Å². The average Bonchev–Trinajstić information content (AvgIpc) is 3.66. The topological polar surface area (TPSA) is 8.17 Å². The molecule has 1 heterocycles. The third kappa shape index (κ3) is 6.14. The molecule has 0 saturated carbocycles. The third-order valence-electron chi connectivity index (χ3n) is 11.8. The molecule has 0 aliphatic heterocycles. The van der Waals surface area contributed by atoms with Gasteiger partial charge in [0.25, 0.3) is 0 Å². The number of para-hydroxylation sites is 1. The number of aromatic nitrogens is 1. The minimum atomic E-state index is 1.07. The van der Waals surface area contributed by atoms with Gasteiger partial charge in [-0.2, -0.15) is 0 Å². The second kappa shape index (κ2) is 15.1. The molecule has 0 aliphatic rings. The minimum Gasteiger partial charge on any atom is -0.309 e. The maximum atomic E-state index is 2.50. The molecule has 2 heteroatoms. The van der Waals surface area contributed by atoms with Crippen LogP contribution >= 0.6 is 0 Å². The maximum Gasteiger partial charge on any atom is 0.0561 e. The molecule has 11 rings (SSSR count). The summed E-state index contributed by atoms with van der Waals surface area (Å²) in [5.41, 5.74) is 16.2. The first-order valence-corrected chi connectivity index (χ1v) is 20.6. The average molecular weight is 765 g/mol. The van der Waals surface area contributed by atoms with Gasteiger partial charge in [0.05, 0.1) is 22.4 Å². The largest absolute Gasteiger partial charge is 0.309 e. The lowest BCUT2D eigenvalue weighted by Crippen LogP contribution is -2.13. The number of hydrogen-bond donors (Lipinski definition) is 0. The van der Waals surface area contributed by atoms with Crippen molar-refractivity contribution in [2.24, 2.45) is 0 Å². The van der Waals surface area contributed by atoms with Crippen molar-refractivity contribution in [3.63, 3.8) is 0 Å². The van der Waals surface area contributed by atoms with E-state index < -0.39 is 0 Å². The molecule has 60 heavy (non-hydrogen) atoms. The zero-order chi connectivity index (χ0) is 39.8. The first-order valence-electron chi connectivity index (χ1n) is 20.6. The van der Waals surface area contributed by atoms with Crippen LogP contribution in [0.25, 0.3) is 82.8 Å². The fraction of sp³-hybridized carbons (Fsp3) is 0. The van der Waals surface area contributed by atoms with E-state index in [1.807, 2.05) is 0 Å². The molecule has 0 atom stereocenters. The monoisotopic (exact) mass is 764 g/mol. The zero-order valence-electron chi connectivity index (χ0n) is 33.0. The van der Waals surface area contributed by atoms with Crippen molar-refractivity contribution in [3.8, 4) is 50.2 Å². The second-order valence-electron chi connectivity index (χ2n) is 15.3. The number of benzene rings is 10. The highest BCUT2D eigenvalue weighted by Gasteiger charge is 2.25. The molecule has 0 saturated heterocycles. The number of nitrogens with zero attached hydrogens (tertiary/aromatic N) is 2. The van der Waals surface area contributed by atoms with Crippen molar-refractivity contribution in [1.82, 2.24) is 4.57 Å². The van der Waals surface area contributed by atoms with Crippen LogP contribution in [0.15, 0.2) is 243 Å². The summed E-state index contributed by atoms with van der Waals surface area (Å²) in [6, 6.07) is 88.0. The summed E-state index contributed by atoms with van der Waals surface area (Å²) in [4.78, 5) is 2.50. The first kappa shape index (κ1) is 35.2. The van der Waals surface area contributed by atoms with Crippen LogP contribution < -0.4 is 4.90 Å². The van der Waals surface area contributed by atoms with Crippen LogP contribution in [0, 0.1) is 0 Å². The van der Waals surface area contributed by atoms with Crippen molar-refractivity contribution in [2.45, 2.75) is 0 Å². The highest BCUT2D eigenvalue weighted by Crippen LogP contribution is 2.50. The predicted octanol–water partition coefficient (Wildman–Crippen LogP) is 16.1. The van der Waals surface area contributed by atoms with E-state index in [1.54, 1.807) is 0 Å². The maximum absolute atomic E-state index is 2.50. The van der Waals surface area contributed by atoms with Crippen LogP contribution in [0.5, 0.6) is 0 Å². The molecule has 0 spiro atoms. The van der Waals surface area contributed by atoms with E-state index in [1.165, 1.54) is 66.0 Å². The molecule has 0 radical (unpaired) electrons. The molecular weight excluding hydrogens is 725 g/mol. The van der Waals surface area contributed by atoms with E-state index in [-0.39, 0.29) is 0 Å². The predicted molar refractivity (Wildman–Crippen MR) is 255 cm³/mol. The third-order valence-corrected chi connectivity index (χ3v) is 11.8. The number of rotatable bonds is 8. The highest BCUT2D eigenvalue weighted by atomic mass is 15.2. The Morgan fingerprint density at radius 3 is 1.53 bits per heavy atom. The van der Waals surface area contributed by atoms with Crippen LogP contribution in [0.3, 0.4) is 0 Å². The van der Waals surface area contributed by atoms with Gasteiger partial charge in [-0.3, -0.25) is 0 Å². The Kier molecular flexibility index (Phi) is 8.87. The van der Waals surface area contributed by atoms with Crippen LogP contribution in [0.4, 0.5) is 17.1 Å². The quantitative estimate of drug-likeness (QED) is 0.150. The summed E-state index contributed by atoms with van der Waals surface area (Å²) in [7, 11) is 0. The molecule has 0 bridgehead atoms. The van der Waals surface area contributed by atoms with Gasteiger partial charge in [0, 0.05) is 33.3 Å². The van der Waals surface area contributed by atoms with Crippen LogP contribution in [-0.4, -0.2) is 4.57 Å². The zero-order valence-corrected chi connectivity index (χ0v) is 33.0. The molecule has 0 aliphatic carbocycles. The number of anilines is 3. The smallest absolute Gasteiger partial charge is 0.0561 e. The van der Waals surface area contributed by atoms with Gasteiger partial charge < -0.3 is 9.47 Å². The lowest BCUT2D eigenvalue weighted by atomic mass is 9.91. The highest BCUT2D eigenvalue weighted by molar-refractivity contribution is 6.12. The summed E-state index contributed by atoms with van der Waals surface area (Å²) in [6.07, 6.45) is 0. The molecule has 0 amide bonds. The SMILES string of the molecule is c1ccc(-c2ccc(-n3c4ccccc4c4ccc(N(c5cccc(-c6ccccc6)c5-c5ccccc5)c5ccc6ccccc6c5-c5ccccc5)cc43)cc2)cc1. The van der Waals surface area contributed by atoms with Crippen LogP contribution in [-0.2, 0) is 0 Å². The van der Waals surface area contributed by atoms with Gasteiger partial charge in [0.1, 0.15) is 0 Å². The van der Waals surface area contributed by atoms with Gasteiger partial charge in [0.2, 0.25) is 0 Å². The van der Waals surface area contributed by atoms with Crippen molar-refractivity contribution in [2.75, 3.05) is 4.90 Å². The van der Waals surface area contributed by atoms with Crippen LogP contribution in [0.1, 0.15) is 0 Å². The summed E-state index contributed by atoms with van der Waals surface area (Å²) in [5, 5.41) is 4.85. The van der Waals surface area contributed by atoms with Gasteiger partial charge in [-0.05, 0) is 86.6 Å². The van der Waals surface area contributed by atoms with E-state index in [0.717, 1.165) is 33.8 Å². The van der Waals surface area contributed by atoms with Gasteiger partial charge in [0.15, 0.2) is 0 Å². The molecule has 10 aromatic carbocycles. The summed E-state index contributed by atoms with van der Waals surface area (Å²) < 4.78 is 2.43. The van der Waals surface area contributed by atoms with E-state index >= 15 is 0 Å². The summed E-state index contributed by atoms with van der Waals surface area (Å²) in [5.74, 6) is 0. The molecule has 282 valence electrons. The Morgan fingerprint density at radius 2 is 0.833 bits per heavy atom. The van der Waals surface area contributed by atoms with Crippen molar-refractivity contribution >= 4 is 49.6 Å². The van der Waals surface area contributed by atoms with Gasteiger partial charge in [-0.25, -0.2) is 0 Å². The lowest BCUT2D eigenvalue weighted by molar-refractivity contribution is 1.18.